The first-order valence-corrected chi connectivity index (χ1v) is 7.28. The lowest BCUT2D eigenvalue weighted by atomic mass is 10.1. The average Bonchev–Trinajstić information content (AvgIpc) is 2.47. The fourth-order valence-corrected chi connectivity index (χ4v) is 2.09. The Morgan fingerprint density at radius 1 is 1.35 bits per heavy atom. The fourth-order valence-electron chi connectivity index (χ4n) is 1.75. The highest BCUT2D eigenvalue weighted by atomic mass is 32.2. The molecule has 6 heteroatoms. The van der Waals surface area contributed by atoms with Crippen LogP contribution in [0, 0.1) is 0 Å². The smallest absolute Gasteiger partial charge is 0.189 e. The molecular weight excluding hydrogens is 274 g/mol. The summed E-state index contributed by atoms with van der Waals surface area (Å²) in [6.07, 6.45) is 3.10. The summed E-state index contributed by atoms with van der Waals surface area (Å²) >= 11 is 1.35. The number of aromatic carboxylic acids is 1. The van der Waals surface area contributed by atoms with Gasteiger partial charge in [0.15, 0.2) is 5.16 Å². The van der Waals surface area contributed by atoms with E-state index in [1.807, 2.05) is 43.5 Å². The van der Waals surface area contributed by atoms with Crippen LogP contribution in [0.25, 0.3) is 0 Å². The normalized spacial score (nSPS) is 11.9. The Balaban J connectivity index is 2.29. The van der Waals surface area contributed by atoms with Gasteiger partial charge in [0, 0.05) is 12.2 Å². The van der Waals surface area contributed by atoms with Crippen LogP contribution in [0.3, 0.4) is 0 Å². The van der Waals surface area contributed by atoms with Crippen molar-refractivity contribution in [1.29, 1.82) is 0 Å². The Hall–Kier alpha value is -2.08. The molecule has 0 saturated heterocycles. The van der Waals surface area contributed by atoms with Gasteiger partial charge in [0.05, 0.1) is 11.5 Å². The van der Waals surface area contributed by atoms with Crippen molar-refractivity contribution in [3.8, 4) is 0 Å². The van der Waals surface area contributed by atoms with Crippen molar-refractivity contribution in [3.05, 3.63) is 47.7 Å². The molecule has 0 aliphatic rings. The summed E-state index contributed by atoms with van der Waals surface area (Å²) in [4.78, 5) is 19.2. The standard InChI is InChI=1S/C14H15N3O2S/c1-9(10-6-4-3-5-7-10)16-12-11(13(18)19)8-15-14(17-12)20-2/h3-9H,1-2H3,(H,18,19)(H,15,16,17)/p-1/t9-/m0/s1. The first-order valence-electron chi connectivity index (χ1n) is 6.05. The van der Waals surface area contributed by atoms with Crippen LogP contribution in [0.2, 0.25) is 0 Å². The van der Waals surface area contributed by atoms with Gasteiger partial charge in [-0.05, 0) is 18.7 Å². The summed E-state index contributed by atoms with van der Waals surface area (Å²) in [5, 5.41) is 14.7. The minimum Gasteiger partial charge on any atom is -0.545 e. The number of anilines is 1. The van der Waals surface area contributed by atoms with Gasteiger partial charge < -0.3 is 15.2 Å². The van der Waals surface area contributed by atoms with Gasteiger partial charge in [-0.15, -0.1) is 0 Å². The van der Waals surface area contributed by atoms with Crippen molar-refractivity contribution in [2.75, 3.05) is 11.6 Å². The molecule has 0 aliphatic heterocycles. The largest absolute Gasteiger partial charge is 0.545 e. The van der Waals surface area contributed by atoms with Crippen molar-refractivity contribution < 1.29 is 9.90 Å². The predicted molar refractivity (Wildman–Crippen MR) is 76.6 cm³/mol. The molecule has 0 bridgehead atoms. The zero-order chi connectivity index (χ0) is 14.5. The molecule has 1 heterocycles. The first-order chi connectivity index (χ1) is 9.61. The van der Waals surface area contributed by atoms with Gasteiger partial charge in [0.2, 0.25) is 0 Å². The van der Waals surface area contributed by atoms with E-state index in [2.05, 4.69) is 15.3 Å². The number of thioether (sulfide) groups is 1. The maximum atomic E-state index is 11.1. The number of carbonyl (C=O) groups excluding carboxylic acids is 1. The van der Waals surface area contributed by atoms with Crippen LogP contribution in [0.1, 0.15) is 28.9 Å². The van der Waals surface area contributed by atoms with Gasteiger partial charge in [-0.3, -0.25) is 0 Å². The number of carboxylic acid groups (broad SMARTS) is 1. The molecule has 20 heavy (non-hydrogen) atoms. The van der Waals surface area contributed by atoms with E-state index in [9.17, 15) is 9.90 Å². The number of carboxylic acids is 1. The van der Waals surface area contributed by atoms with Crippen molar-refractivity contribution in [1.82, 2.24) is 9.97 Å². The number of nitrogens with zero attached hydrogens (tertiary/aromatic N) is 2. The van der Waals surface area contributed by atoms with Crippen LogP contribution < -0.4 is 10.4 Å². The van der Waals surface area contributed by atoms with Gasteiger partial charge in [-0.2, -0.15) is 0 Å². The number of nitrogens with one attached hydrogen (secondary N) is 1. The van der Waals surface area contributed by atoms with Crippen LogP contribution in [0.5, 0.6) is 0 Å². The van der Waals surface area contributed by atoms with Crippen molar-refractivity contribution >= 4 is 23.5 Å². The van der Waals surface area contributed by atoms with E-state index in [-0.39, 0.29) is 17.4 Å². The molecule has 0 amide bonds. The van der Waals surface area contributed by atoms with Crippen molar-refractivity contribution in [3.63, 3.8) is 0 Å². The third-order valence-electron chi connectivity index (χ3n) is 2.82. The van der Waals surface area contributed by atoms with Gasteiger partial charge in [-0.1, -0.05) is 42.1 Å². The summed E-state index contributed by atoms with van der Waals surface area (Å²) in [5.74, 6) is -1.01. The maximum absolute atomic E-state index is 11.1. The summed E-state index contributed by atoms with van der Waals surface area (Å²) < 4.78 is 0. The number of rotatable bonds is 5. The molecule has 2 aromatic rings. The molecule has 104 valence electrons. The van der Waals surface area contributed by atoms with Gasteiger partial charge in [0.1, 0.15) is 5.82 Å². The number of benzene rings is 1. The van der Waals surface area contributed by atoms with E-state index in [0.717, 1.165) is 5.56 Å². The molecule has 1 aromatic heterocycles. The Bertz CT molecular complexity index is 605. The van der Waals surface area contributed by atoms with E-state index >= 15 is 0 Å². The zero-order valence-corrected chi connectivity index (χ0v) is 12.0. The summed E-state index contributed by atoms with van der Waals surface area (Å²) in [7, 11) is 0. The molecule has 0 fully saturated rings. The Morgan fingerprint density at radius 3 is 2.65 bits per heavy atom. The Morgan fingerprint density at radius 2 is 2.05 bits per heavy atom. The molecule has 5 nitrogen and oxygen atoms in total. The van der Waals surface area contributed by atoms with Crippen LogP contribution in [-0.2, 0) is 0 Å². The predicted octanol–water partition coefficient (Wildman–Crippen LogP) is 1.74. The molecule has 0 saturated carbocycles. The highest BCUT2D eigenvalue weighted by Gasteiger charge is 2.12. The third-order valence-corrected chi connectivity index (χ3v) is 3.38. The Labute approximate surface area is 121 Å². The second-order valence-corrected chi connectivity index (χ2v) is 4.96. The molecule has 0 spiro atoms. The number of carbonyl (C=O) groups is 1. The van der Waals surface area contributed by atoms with Gasteiger partial charge in [0.25, 0.3) is 0 Å². The molecule has 1 aromatic carbocycles. The SMILES string of the molecule is CSc1ncc(C(=O)[O-])c(N[C@@H](C)c2ccccc2)n1. The molecule has 1 N–H and O–H groups in total. The third kappa shape index (κ3) is 3.27. The van der Waals surface area contributed by atoms with E-state index in [1.165, 1.54) is 18.0 Å². The number of hydrogen-bond donors (Lipinski definition) is 1. The van der Waals surface area contributed by atoms with Crippen LogP contribution in [-0.4, -0.2) is 22.2 Å². The fraction of sp³-hybridized carbons (Fsp3) is 0.214. The molecule has 0 radical (unpaired) electrons. The second-order valence-electron chi connectivity index (χ2n) is 4.18. The molecule has 2 rings (SSSR count). The Kier molecular flexibility index (Phi) is 4.57. The van der Waals surface area contributed by atoms with E-state index in [0.29, 0.717) is 5.16 Å². The van der Waals surface area contributed by atoms with Gasteiger partial charge >= 0.3 is 0 Å². The zero-order valence-electron chi connectivity index (χ0n) is 11.2. The maximum Gasteiger partial charge on any atom is 0.189 e. The lowest BCUT2D eigenvalue weighted by molar-refractivity contribution is -0.255. The van der Waals surface area contributed by atoms with Gasteiger partial charge in [-0.25, -0.2) is 9.97 Å². The molecule has 0 unspecified atom stereocenters. The van der Waals surface area contributed by atoms with Crippen LogP contribution in [0.4, 0.5) is 5.82 Å². The quantitative estimate of drug-likeness (QED) is 0.667. The van der Waals surface area contributed by atoms with Crippen LogP contribution in [0.15, 0.2) is 41.7 Å². The lowest BCUT2D eigenvalue weighted by Crippen LogP contribution is -2.25. The topological polar surface area (TPSA) is 77.9 Å². The highest BCUT2D eigenvalue weighted by molar-refractivity contribution is 7.98. The summed E-state index contributed by atoms with van der Waals surface area (Å²) in [5.41, 5.74) is 1.01. The number of hydrogen-bond acceptors (Lipinski definition) is 6. The average molecular weight is 288 g/mol. The monoisotopic (exact) mass is 288 g/mol. The summed E-state index contributed by atoms with van der Waals surface area (Å²) in [6, 6.07) is 9.65. The van der Waals surface area contributed by atoms with Crippen molar-refractivity contribution in [2.24, 2.45) is 0 Å². The lowest BCUT2D eigenvalue weighted by Gasteiger charge is -2.18. The molecular formula is C14H14N3O2S-. The van der Waals surface area contributed by atoms with E-state index in [4.69, 9.17) is 0 Å². The second kappa shape index (κ2) is 6.38. The minimum absolute atomic E-state index is 0.0365. The van der Waals surface area contributed by atoms with Crippen LogP contribution >= 0.6 is 11.8 Å². The van der Waals surface area contributed by atoms with Crippen molar-refractivity contribution in [2.45, 2.75) is 18.1 Å². The number of aromatic nitrogens is 2. The minimum atomic E-state index is -1.29. The molecule has 1 atom stereocenters. The molecule has 0 aliphatic carbocycles. The first kappa shape index (κ1) is 14.3. The summed E-state index contributed by atoms with van der Waals surface area (Å²) in [6.45, 7) is 1.94. The van der Waals surface area contributed by atoms with E-state index < -0.39 is 5.97 Å². The highest BCUT2D eigenvalue weighted by Crippen LogP contribution is 2.22. The van der Waals surface area contributed by atoms with E-state index in [1.54, 1.807) is 0 Å².